The van der Waals surface area contributed by atoms with E-state index in [1.165, 1.54) is 34.6 Å². The van der Waals surface area contributed by atoms with Crippen LogP contribution < -0.4 is 5.32 Å². The minimum Gasteiger partial charge on any atom is -0.477 e. The number of aliphatic carboxylic acids is 1. The molecule has 9 unspecified atom stereocenters. The molecule has 0 aromatic rings. The normalized spacial score (nSPS) is 53.2. The van der Waals surface area contributed by atoms with Crippen molar-refractivity contribution in [3.63, 3.8) is 0 Å². The Bertz CT molecular complexity index is 1530. The van der Waals surface area contributed by atoms with Crippen molar-refractivity contribution in [3.05, 3.63) is 0 Å². The van der Waals surface area contributed by atoms with E-state index in [1.54, 1.807) is 0 Å². The molecule has 0 aromatic carbocycles. The van der Waals surface area contributed by atoms with Crippen LogP contribution in [0.25, 0.3) is 0 Å². The monoisotopic (exact) mass is 815 g/mol. The van der Waals surface area contributed by atoms with Gasteiger partial charge in [0.25, 0.3) is 5.79 Å². The zero-order valence-electron chi connectivity index (χ0n) is 34.7. The van der Waals surface area contributed by atoms with Crippen molar-refractivity contribution in [3.8, 4) is 0 Å². The molecular weight excluding hydrogens is 750 g/mol. The SMILES string of the molecule is CC(=O)N[C@@]1(C)C(C)(C(O)C(O)CO)OC(OCC2(C)O[C@@](C)(O[C@]3(C)C(C)(CO)OC(O)C(C)(O)[C@]3(C)O)C(C)(O)[C@](C)(O)[C@H]2O)(C(=O)O)C(C)(C)[C@@]1(C)O. The lowest BCUT2D eigenvalue weighted by atomic mass is 9.52. The summed E-state index contributed by atoms with van der Waals surface area (Å²) >= 11 is 0. The summed E-state index contributed by atoms with van der Waals surface area (Å²) in [7, 11) is 0. The van der Waals surface area contributed by atoms with Gasteiger partial charge >= 0.3 is 5.97 Å². The Kier molecular flexibility index (Phi) is 11.9. The van der Waals surface area contributed by atoms with Crippen LogP contribution in [0.4, 0.5) is 0 Å². The van der Waals surface area contributed by atoms with E-state index in [1.807, 2.05) is 0 Å². The second-order valence-corrected chi connectivity index (χ2v) is 18.3. The van der Waals surface area contributed by atoms with Crippen molar-refractivity contribution in [1.82, 2.24) is 5.32 Å². The summed E-state index contributed by atoms with van der Waals surface area (Å²) in [6.07, 6.45) is -8.55. The molecular formula is C36H65NO19. The summed E-state index contributed by atoms with van der Waals surface area (Å²) in [6, 6.07) is 0. The average molecular weight is 816 g/mol. The summed E-state index contributed by atoms with van der Waals surface area (Å²) < 4.78 is 30.6. The van der Waals surface area contributed by atoms with Gasteiger partial charge in [-0.15, -0.1) is 0 Å². The van der Waals surface area contributed by atoms with Crippen molar-refractivity contribution in [2.24, 2.45) is 5.41 Å². The van der Waals surface area contributed by atoms with Gasteiger partial charge in [0.15, 0.2) is 12.1 Å². The maximum Gasteiger partial charge on any atom is 0.365 e. The number of carbonyl (C=O) groups is 2. The Morgan fingerprint density at radius 3 is 1.70 bits per heavy atom. The Hall–Kier alpha value is -1.70. The molecule has 13 N–H and O–H groups in total. The molecule has 0 spiro atoms. The Morgan fingerprint density at radius 2 is 1.27 bits per heavy atom. The summed E-state index contributed by atoms with van der Waals surface area (Å²) in [6.45, 7) is 12.4. The second kappa shape index (κ2) is 13.7. The molecule has 3 aliphatic rings. The number of carbonyl (C=O) groups excluding carboxylic acids is 1. The number of aliphatic hydroxyl groups is 11. The predicted octanol–water partition coefficient (Wildman–Crippen LogP) is -3.30. The number of aliphatic hydroxyl groups excluding tert-OH is 6. The van der Waals surface area contributed by atoms with Crippen LogP contribution in [0.3, 0.4) is 0 Å². The van der Waals surface area contributed by atoms with Gasteiger partial charge in [-0.05, 0) is 76.2 Å². The molecule has 56 heavy (non-hydrogen) atoms. The summed E-state index contributed by atoms with van der Waals surface area (Å²) in [5.74, 6) is -8.48. The van der Waals surface area contributed by atoms with Crippen LogP contribution in [0.1, 0.15) is 96.9 Å². The number of hydrogen-bond donors (Lipinski definition) is 13. The first-order valence-corrected chi connectivity index (χ1v) is 18.2. The van der Waals surface area contributed by atoms with Crippen LogP contribution in [0.5, 0.6) is 0 Å². The molecule has 0 saturated carbocycles. The highest BCUT2D eigenvalue weighted by Crippen LogP contribution is 2.61. The van der Waals surface area contributed by atoms with Crippen LogP contribution in [0.2, 0.25) is 0 Å². The van der Waals surface area contributed by atoms with Crippen LogP contribution in [-0.4, -0.2) is 185 Å². The molecule has 1 amide bonds. The molecule has 0 aliphatic carbocycles. The Balaban J connectivity index is 2.30. The van der Waals surface area contributed by atoms with E-state index in [4.69, 9.17) is 23.7 Å². The summed E-state index contributed by atoms with van der Waals surface area (Å²) in [5.41, 5.74) is -26.7. The number of hydrogen-bond acceptors (Lipinski definition) is 18. The largest absolute Gasteiger partial charge is 0.477 e. The Morgan fingerprint density at radius 1 is 0.768 bits per heavy atom. The van der Waals surface area contributed by atoms with Gasteiger partial charge in [-0.3, -0.25) is 4.79 Å². The van der Waals surface area contributed by atoms with E-state index in [-0.39, 0.29) is 0 Å². The van der Waals surface area contributed by atoms with Gasteiger partial charge in [0.2, 0.25) is 5.91 Å². The van der Waals surface area contributed by atoms with Crippen molar-refractivity contribution in [2.45, 2.75) is 189 Å². The minimum absolute atomic E-state index is 0.767. The molecule has 3 aliphatic heterocycles. The summed E-state index contributed by atoms with van der Waals surface area (Å²) in [5, 5.41) is 138. The molecule has 0 radical (unpaired) electrons. The average Bonchev–Trinajstić information content (AvgIpc) is 3.05. The smallest absolute Gasteiger partial charge is 0.365 e. The second-order valence-electron chi connectivity index (χ2n) is 18.3. The van der Waals surface area contributed by atoms with E-state index >= 15 is 0 Å². The van der Waals surface area contributed by atoms with Crippen molar-refractivity contribution >= 4 is 11.9 Å². The van der Waals surface area contributed by atoms with Crippen molar-refractivity contribution in [1.29, 1.82) is 0 Å². The quantitative estimate of drug-likeness (QED) is 0.0972. The number of amides is 1. The number of carboxylic acids is 1. The highest BCUT2D eigenvalue weighted by atomic mass is 16.8. The van der Waals surface area contributed by atoms with E-state index in [9.17, 15) is 70.9 Å². The molecule has 328 valence electrons. The van der Waals surface area contributed by atoms with Crippen LogP contribution in [0.15, 0.2) is 0 Å². The standard InChI is InChI=1S/C36H65NO19/c1-18(40)37-30(9)29(8,20(42)19(41)15-38)55-36(22(44)45,24(2,3)31(30,10)49)52-17-25(4)21(43)27(6,47)33(12,51)35(14,54-25)56-34(13)26(5,16-39)53-23(46)28(7,48)32(34,11)50/h19-21,23,38-39,41-43,46-51H,15-17H2,1-14H3,(H,37,40)(H,44,45)/t19?,20?,21-,23?,25?,26?,27+,28?,29?,30-,31+,32-,33?,34+,35-,36?/m0/s1. The topological polar surface area (TPSA) is 335 Å². The number of rotatable bonds is 11. The third kappa shape index (κ3) is 5.86. The van der Waals surface area contributed by atoms with E-state index in [2.05, 4.69) is 5.32 Å². The van der Waals surface area contributed by atoms with Crippen LogP contribution in [0, 0.1) is 5.41 Å². The minimum atomic E-state index is -3.12. The van der Waals surface area contributed by atoms with Gasteiger partial charge in [0.05, 0.1) is 36.4 Å². The van der Waals surface area contributed by atoms with Crippen molar-refractivity contribution in [2.75, 3.05) is 19.8 Å². The van der Waals surface area contributed by atoms with E-state index in [0.717, 1.165) is 62.3 Å². The molecule has 3 heterocycles. The highest BCUT2D eigenvalue weighted by Gasteiger charge is 2.81. The van der Waals surface area contributed by atoms with E-state index < -0.39 is 129 Å². The lowest BCUT2D eigenvalue weighted by Crippen LogP contribution is -2.89. The van der Waals surface area contributed by atoms with Gasteiger partial charge < -0.3 is 90.3 Å². The first kappa shape index (κ1) is 48.7. The molecule has 3 saturated heterocycles. The predicted molar refractivity (Wildman–Crippen MR) is 190 cm³/mol. The van der Waals surface area contributed by atoms with E-state index in [0.29, 0.717) is 0 Å². The number of carboxylic acid groups (broad SMARTS) is 1. The number of nitrogens with one attached hydrogen (secondary N) is 1. The fourth-order valence-electron chi connectivity index (χ4n) is 8.85. The van der Waals surface area contributed by atoms with Crippen molar-refractivity contribution < 1.29 is 94.6 Å². The fourth-order valence-corrected chi connectivity index (χ4v) is 8.85. The molecule has 20 nitrogen and oxygen atoms in total. The lowest BCUT2D eigenvalue weighted by Gasteiger charge is -2.69. The highest BCUT2D eigenvalue weighted by molar-refractivity contribution is 5.79. The molecule has 20 heteroatoms. The first-order chi connectivity index (χ1) is 24.7. The maximum atomic E-state index is 13.6. The van der Waals surface area contributed by atoms with Crippen LogP contribution in [-0.2, 0) is 33.3 Å². The third-order valence-electron chi connectivity index (χ3n) is 14.6. The van der Waals surface area contributed by atoms with Gasteiger partial charge in [0, 0.05) is 6.92 Å². The molecule has 0 aromatic heterocycles. The zero-order chi connectivity index (χ0) is 44.3. The zero-order valence-corrected chi connectivity index (χ0v) is 34.7. The molecule has 3 fully saturated rings. The Labute approximate surface area is 325 Å². The molecule has 16 atom stereocenters. The van der Waals surface area contributed by atoms with Gasteiger partial charge in [-0.2, -0.15) is 0 Å². The number of ether oxygens (including phenoxy) is 5. The first-order valence-electron chi connectivity index (χ1n) is 18.2. The van der Waals surface area contributed by atoms with Crippen LogP contribution >= 0.6 is 0 Å². The van der Waals surface area contributed by atoms with Gasteiger partial charge in [-0.1, -0.05) is 13.8 Å². The fraction of sp³-hybridized carbons (Fsp3) is 0.944. The lowest BCUT2D eigenvalue weighted by molar-refractivity contribution is -0.500. The van der Waals surface area contributed by atoms with Gasteiger partial charge in [0.1, 0.15) is 63.1 Å². The van der Waals surface area contributed by atoms with Gasteiger partial charge in [-0.25, -0.2) is 4.79 Å². The summed E-state index contributed by atoms with van der Waals surface area (Å²) in [4.78, 5) is 26.2. The maximum absolute atomic E-state index is 13.6. The molecule has 0 bridgehead atoms. The third-order valence-corrected chi connectivity index (χ3v) is 14.6. The molecule has 3 rings (SSSR count).